The maximum atomic E-state index is 11.5. The molecule has 0 N–H and O–H groups in total. The summed E-state index contributed by atoms with van der Waals surface area (Å²) in [4.78, 5) is 0. The molecule has 220 valence electrons. The molecule has 3 aromatic rings. The van der Waals surface area contributed by atoms with Gasteiger partial charge in [-0.15, -0.1) is 0 Å². The molecule has 10 heteroatoms. The van der Waals surface area contributed by atoms with Crippen LogP contribution in [0.2, 0.25) is 0 Å². The van der Waals surface area contributed by atoms with Gasteiger partial charge in [0.15, 0.2) is 6.29 Å². The first-order valence-corrected chi connectivity index (χ1v) is 16.8. The fourth-order valence-corrected chi connectivity index (χ4v) is 8.64. The van der Waals surface area contributed by atoms with Gasteiger partial charge in [0.1, 0.15) is 35.6 Å². The molecule has 0 radical (unpaired) electrons. The van der Waals surface area contributed by atoms with E-state index in [2.05, 4.69) is 6.92 Å². The van der Waals surface area contributed by atoms with Crippen LogP contribution < -0.4 is 0 Å². The highest BCUT2D eigenvalue weighted by molar-refractivity contribution is 7.97. The summed E-state index contributed by atoms with van der Waals surface area (Å²) in [6.45, 7) is 3.06. The van der Waals surface area contributed by atoms with Crippen LogP contribution in [0, 0.1) is 5.92 Å². The molecule has 8 nitrogen and oxygen atoms in total. The van der Waals surface area contributed by atoms with Crippen molar-refractivity contribution in [3.05, 3.63) is 108 Å². The molecule has 5 rings (SSSR count). The molecular formula is C31H36O8S2. The molecule has 2 saturated heterocycles. The van der Waals surface area contributed by atoms with Gasteiger partial charge in [-0.05, 0) is 22.0 Å². The lowest BCUT2D eigenvalue weighted by Gasteiger charge is -2.39. The standard InChI is InChI=1S/C31H36O8S2/c1-23-20-40(21-28-27(39-41(32,33)34)19-37-31(38-28)26-15-9-4-10-16-26)22-29(35-17-24-11-5-2-6-12-24)30(23)36-18-25-13-7-3-8-14-25/h2-16,23,27-31H,17-22H2,1H3/t23-,27?,28-,29+,30+,31?,40?/m1/s1. The van der Waals surface area contributed by atoms with Crippen molar-refractivity contribution in [2.24, 2.45) is 5.92 Å². The van der Waals surface area contributed by atoms with Crippen LogP contribution in [0.3, 0.4) is 0 Å². The van der Waals surface area contributed by atoms with Crippen LogP contribution in [0.4, 0.5) is 0 Å². The first-order chi connectivity index (χ1) is 19.8. The summed E-state index contributed by atoms with van der Waals surface area (Å²) < 4.78 is 64.4. The molecule has 0 bridgehead atoms. The molecule has 0 aliphatic carbocycles. The SMILES string of the molecule is C[C@@H]1C[S+](C[C@H]2OC(c3ccccc3)OCC2OS(=O)(=O)[O-])C[C@H](OCc2ccccc2)[C@H]1OCc1ccccc1. The van der Waals surface area contributed by atoms with E-state index in [-0.39, 0.29) is 35.6 Å². The van der Waals surface area contributed by atoms with Crippen molar-refractivity contribution in [1.82, 2.24) is 0 Å². The maximum Gasteiger partial charge on any atom is 0.218 e. The molecule has 2 aliphatic rings. The van der Waals surface area contributed by atoms with E-state index in [9.17, 15) is 13.0 Å². The van der Waals surface area contributed by atoms with Gasteiger partial charge in [0.05, 0.1) is 25.9 Å². The van der Waals surface area contributed by atoms with Gasteiger partial charge in [0.25, 0.3) is 0 Å². The zero-order valence-electron chi connectivity index (χ0n) is 22.9. The van der Waals surface area contributed by atoms with E-state index in [0.29, 0.717) is 19.0 Å². The third-order valence-corrected chi connectivity index (χ3v) is 10.3. The Bertz CT molecular complexity index is 1310. The normalized spacial score (nSPS) is 28.8. The lowest BCUT2D eigenvalue weighted by Crippen LogP contribution is -2.53. The minimum Gasteiger partial charge on any atom is -0.726 e. The molecule has 0 spiro atoms. The monoisotopic (exact) mass is 600 g/mol. The number of ether oxygens (including phenoxy) is 4. The van der Waals surface area contributed by atoms with Crippen LogP contribution in [0.1, 0.15) is 29.9 Å². The molecule has 2 fully saturated rings. The Morgan fingerprint density at radius 2 is 1.41 bits per heavy atom. The molecular weight excluding hydrogens is 564 g/mol. The summed E-state index contributed by atoms with van der Waals surface area (Å²) in [6.07, 6.45) is -2.60. The Hall–Kier alpha value is -2.28. The topological polar surface area (TPSA) is 103 Å². The highest BCUT2D eigenvalue weighted by Gasteiger charge is 2.46. The second kappa shape index (κ2) is 14.3. The Labute approximate surface area is 245 Å². The van der Waals surface area contributed by atoms with Gasteiger partial charge in [-0.2, -0.15) is 0 Å². The molecule has 2 heterocycles. The van der Waals surface area contributed by atoms with Crippen molar-refractivity contribution < 1.29 is 36.1 Å². The summed E-state index contributed by atoms with van der Waals surface area (Å²) in [7, 11) is -5.15. The molecule has 41 heavy (non-hydrogen) atoms. The van der Waals surface area contributed by atoms with Gasteiger partial charge in [0.2, 0.25) is 10.4 Å². The van der Waals surface area contributed by atoms with Crippen molar-refractivity contribution in [2.75, 3.05) is 23.9 Å². The summed E-state index contributed by atoms with van der Waals surface area (Å²) in [6, 6.07) is 29.6. The van der Waals surface area contributed by atoms with E-state index in [1.165, 1.54) is 0 Å². The summed E-state index contributed by atoms with van der Waals surface area (Å²) in [5, 5.41) is 0. The number of hydrogen-bond donors (Lipinski definition) is 0. The third kappa shape index (κ3) is 8.86. The van der Waals surface area contributed by atoms with E-state index in [1.807, 2.05) is 91.0 Å². The van der Waals surface area contributed by atoms with E-state index in [1.54, 1.807) is 0 Å². The average Bonchev–Trinajstić information content (AvgIpc) is 2.97. The van der Waals surface area contributed by atoms with Crippen LogP contribution in [0.15, 0.2) is 91.0 Å². The Morgan fingerprint density at radius 1 is 0.829 bits per heavy atom. The van der Waals surface area contributed by atoms with Crippen LogP contribution in [0.25, 0.3) is 0 Å². The van der Waals surface area contributed by atoms with Gasteiger partial charge >= 0.3 is 0 Å². The van der Waals surface area contributed by atoms with Crippen LogP contribution >= 0.6 is 0 Å². The van der Waals surface area contributed by atoms with Crippen LogP contribution in [0.5, 0.6) is 0 Å². The predicted molar refractivity (Wildman–Crippen MR) is 156 cm³/mol. The lowest BCUT2D eigenvalue weighted by molar-refractivity contribution is -0.245. The fraction of sp³-hybridized carbons (Fsp3) is 0.419. The molecule has 0 aromatic heterocycles. The zero-order valence-corrected chi connectivity index (χ0v) is 24.6. The van der Waals surface area contributed by atoms with Gasteiger partial charge in [0, 0.05) is 11.5 Å². The molecule has 0 saturated carbocycles. The first-order valence-electron chi connectivity index (χ1n) is 13.8. The van der Waals surface area contributed by atoms with Crippen molar-refractivity contribution >= 4 is 21.3 Å². The van der Waals surface area contributed by atoms with Gasteiger partial charge < -0.3 is 23.5 Å². The quantitative estimate of drug-likeness (QED) is 0.182. The summed E-state index contributed by atoms with van der Waals surface area (Å²) in [5.74, 6) is 2.29. The van der Waals surface area contributed by atoms with Crippen molar-refractivity contribution in [3.8, 4) is 0 Å². The first kappa shape index (κ1) is 30.2. The highest BCUT2D eigenvalue weighted by Crippen LogP contribution is 2.33. The van der Waals surface area contributed by atoms with Gasteiger partial charge in [-0.25, -0.2) is 8.42 Å². The minimum absolute atomic E-state index is 0.0603. The summed E-state index contributed by atoms with van der Waals surface area (Å²) >= 11 is 0. The molecule has 7 atom stereocenters. The van der Waals surface area contributed by atoms with Crippen molar-refractivity contribution in [2.45, 2.75) is 50.8 Å². The second-order valence-electron chi connectivity index (χ2n) is 10.5. The third-order valence-electron chi connectivity index (χ3n) is 7.26. The fourth-order valence-electron chi connectivity index (χ4n) is 5.30. The number of rotatable bonds is 11. The second-order valence-corrected chi connectivity index (χ2v) is 13.7. The highest BCUT2D eigenvalue weighted by atomic mass is 32.3. The van der Waals surface area contributed by atoms with E-state index in [0.717, 1.165) is 28.2 Å². The van der Waals surface area contributed by atoms with Gasteiger partial charge in [-0.3, -0.25) is 4.18 Å². The number of hydrogen-bond acceptors (Lipinski definition) is 8. The van der Waals surface area contributed by atoms with Crippen LogP contribution in [-0.4, -0.2) is 61.3 Å². The minimum atomic E-state index is -4.93. The Morgan fingerprint density at radius 3 is 2.02 bits per heavy atom. The van der Waals surface area contributed by atoms with Gasteiger partial charge in [-0.1, -0.05) is 97.9 Å². The Balaban J connectivity index is 1.30. The zero-order chi connectivity index (χ0) is 28.7. The molecule has 0 amide bonds. The Kier molecular flexibility index (Phi) is 10.5. The molecule has 3 aromatic carbocycles. The maximum absolute atomic E-state index is 11.5. The van der Waals surface area contributed by atoms with E-state index >= 15 is 0 Å². The predicted octanol–water partition coefficient (Wildman–Crippen LogP) is 4.38. The lowest BCUT2D eigenvalue weighted by atomic mass is 10.0. The molecule has 2 aliphatic heterocycles. The smallest absolute Gasteiger partial charge is 0.218 e. The van der Waals surface area contributed by atoms with E-state index in [4.69, 9.17) is 23.1 Å². The molecule has 3 unspecified atom stereocenters. The average molecular weight is 601 g/mol. The van der Waals surface area contributed by atoms with Crippen molar-refractivity contribution in [1.29, 1.82) is 0 Å². The largest absolute Gasteiger partial charge is 0.726 e. The summed E-state index contributed by atoms with van der Waals surface area (Å²) in [5.41, 5.74) is 3.01. The number of benzene rings is 3. The van der Waals surface area contributed by atoms with Crippen LogP contribution in [-0.2, 0) is 57.6 Å². The van der Waals surface area contributed by atoms with E-state index < -0.39 is 28.9 Å². The van der Waals surface area contributed by atoms with Crippen molar-refractivity contribution in [3.63, 3.8) is 0 Å².